The van der Waals surface area contributed by atoms with Crippen LogP contribution in [0.3, 0.4) is 0 Å². The lowest BCUT2D eigenvalue weighted by Gasteiger charge is -2.09. The van der Waals surface area contributed by atoms with Gasteiger partial charge in [-0.05, 0) is 43.3 Å². The summed E-state index contributed by atoms with van der Waals surface area (Å²) in [6.45, 7) is 2.09. The number of hydrogen-bond donors (Lipinski definition) is 1. The van der Waals surface area contributed by atoms with Crippen molar-refractivity contribution in [2.24, 2.45) is 5.16 Å². The summed E-state index contributed by atoms with van der Waals surface area (Å²) in [6, 6.07) is 8.93. The zero-order chi connectivity index (χ0) is 18.9. The number of amides is 1. The van der Waals surface area contributed by atoms with Gasteiger partial charge in [0.15, 0.2) is 18.1 Å². The highest BCUT2D eigenvalue weighted by atomic mass is 35.5. The van der Waals surface area contributed by atoms with Crippen molar-refractivity contribution in [2.75, 3.05) is 25.6 Å². The number of carbonyl (C=O) groups excluding carboxylic acids is 1. The summed E-state index contributed by atoms with van der Waals surface area (Å²) in [5, 5.41) is 6.34. The quantitative estimate of drug-likeness (QED) is 0.557. The number of nitrogens with one attached hydrogen (secondary N) is 1. The van der Waals surface area contributed by atoms with Crippen molar-refractivity contribution in [3.05, 3.63) is 52.8 Å². The topological polar surface area (TPSA) is 69.2 Å². The summed E-state index contributed by atoms with van der Waals surface area (Å²) in [7, 11) is 1.54. The van der Waals surface area contributed by atoms with E-state index in [-0.39, 0.29) is 11.6 Å². The van der Waals surface area contributed by atoms with Gasteiger partial charge in [0.1, 0.15) is 5.82 Å². The van der Waals surface area contributed by atoms with Crippen molar-refractivity contribution in [3.63, 3.8) is 0 Å². The molecule has 0 fully saturated rings. The number of hydrogen-bond acceptors (Lipinski definition) is 5. The number of ether oxygens (including phenoxy) is 2. The van der Waals surface area contributed by atoms with Crippen LogP contribution in [0.15, 0.2) is 41.6 Å². The van der Waals surface area contributed by atoms with Crippen LogP contribution >= 0.6 is 11.6 Å². The number of nitrogens with zero attached hydrogens (tertiary/aromatic N) is 1. The minimum Gasteiger partial charge on any atom is -0.493 e. The van der Waals surface area contributed by atoms with Crippen molar-refractivity contribution >= 4 is 29.4 Å². The molecule has 0 aliphatic heterocycles. The summed E-state index contributed by atoms with van der Waals surface area (Å²) >= 11 is 5.83. The van der Waals surface area contributed by atoms with Crippen LogP contribution in [0.1, 0.15) is 12.5 Å². The van der Waals surface area contributed by atoms with Crippen molar-refractivity contribution < 1.29 is 23.5 Å². The van der Waals surface area contributed by atoms with E-state index in [4.69, 9.17) is 25.9 Å². The monoisotopic (exact) mass is 380 g/mol. The molecular formula is C18H18ClFN2O4. The lowest BCUT2D eigenvalue weighted by molar-refractivity contribution is -0.120. The van der Waals surface area contributed by atoms with Crippen LogP contribution in [0.5, 0.6) is 11.5 Å². The molecule has 2 aromatic carbocycles. The number of anilines is 1. The first-order chi connectivity index (χ1) is 12.5. The summed E-state index contributed by atoms with van der Waals surface area (Å²) in [6.07, 6.45) is 1.44. The first-order valence-corrected chi connectivity index (χ1v) is 8.12. The third kappa shape index (κ3) is 5.63. The second-order valence-corrected chi connectivity index (χ2v) is 5.43. The molecule has 0 saturated carbocycles. The Hall–Kier alpha value is -2.80. The summed E-state index contributed by atoms with van der Waals surface area (Å²) in [4.78, 5) is 16.7. The van der Waals surface area contributed by atoms with Gasteiger partial charge in [0.05, 0.1) is 30.6 Å². The van der Waals surface area contributed by atoms with Gasteiger partial charge in [-0.1, -0.05) is 16.8 Å². The molecule has 0 saturated heterocycles. The SMILES string of the molecule is CCOc1ccc(/C=N\OCC(=O)Nc2ccc(F)cc2Cl)cc1OC. The maximum Gasteiger partial charge on any atom is 0.265 e. The fourth-order valence-corrected chi connectivity index (χ4v) is 2.22. The number of carbonyl (C=O) groups is 1. The molecule has 0 bridgehead atoms. The lowest BCUT2D eigenvalue weighted by Crippen LogP contribution is -2.17. The van der Waals surface area contributed by atoms with Gasteiger partial charge in [-0.25, -0.2) is 4.39 Å². The van der Waals surface area contributed by atoms with Gasteiger partial charge >= 0.3 is 0 Å². The van der Waals surface area contributed by atoms with E-state index in [2.05, 4.69) is 10.5 Å². The van der Waals surface area contributed by atoms with Crippen LogP contribution in [0.4, 0.5) is 10.1 Å². The number of benzene rings is 2. The largest absolute Gasteiger partial charge is 0.493 e. The van der Waals surface area contributed by atoms with Gasteiger partial charge in [-0.15, -0.1) is 0 Å². The first kappa shape index (κ1) is 19.5. The van der Waals surface area contributed by atoms with Crippen molar-refractivity contribution in [1.82, 2.24) is 0 Å². The maximum atomic E-state index is 13.0. The highest BCUT2D eigenvalue weighted by Crippen LogP contribution is 2.27. The Labute approximate surface area is 155 Å². The van der Waals surface area contributed by atoms with Gasteiger partial charge in [0.2, 0.25) is 0 Å². The molecule has 0 aliphatic rings. The van der Waals surface area contributed by atoms with E-state index in [0.717, 1.165) is 6.07 Å². The Morgan fingerprint density at radius 1 is 1.27 bits per heavy atom. The highest BCUT2D eigenvalue weighted by Gasteiger charge is 2.07. The molecule has 138 valence electrons. The highest BCUT2D eigenvalue weighted by molar-refractivity contribution is 6.33. The Balaban J connectivity index is 1.87. The molecule has 6 nitrogen and oxygen atoms in total. The third-order valence-electron chi connectivity index (χ3n) is 3.16. The molecule has 2 rings (SSSR count). The number of oxime groups is 1. The second kappa shape index (κ2) is 9.62. The average Bonchev–Trinajstić information content (AvgIpc) is 2.62. The van der Waals surface area contributed by atoms with Crippen molar-refractivity contribution in [1.29, 1.82) is 0 Å². The van der Waals surface area contributed by atoms with Gasteiger partial charge in [-0.3, -0.25) is 4.79 Å². The van der Waals surface area contributed by atoms with Crippen molar-refractivity contribution in [3.8, 4) is 11.5 Å². The van der Waals surface area contributed by atoms with Crippen LogP contribution in [0, 0.1) is 5.82 Å². The van der Waals surface area contributed by atoms with E-state index in [1.54, 1.807) is 25.3 Å². The van der Waals surface area contributed by atoms with Gasteiger partial charge in [-0.2, -0.15) is 0 Å². The van der Waals surface area contributed by atoms with Crippen LogP contribution in [0.25, 0.3) is 0 Å². The Morgan fingerprint density at radius 3 is 2.77 bits per heavy atom. The van der Waals surface area contributed by atoms with Crippen molar-refractivity contribution in [2.45, 2.75) is 6.92 Å². The second-order valence-electron chi connectivity index (χ2n) is 5.02. The molecule has 0 aromatic heterocycles. The zero-order valence-corrected chi connectivity index (χ0v) is 15.0. The molecule has 0 aliphatic carbocycles. The standard InChI is InChI=1S/C18H18ClFN2O4/c1-3-25-16-7-4-12(8-17(16)24-2)10-21-26-11-18(23)22-15-6-5-13(20)9-14(15)19/h4-10H,3,11H2,1-2H3,(H,22,23)/b21-10-. The van der Waals surface area contributed by atoms with Crippen LogP contribution in [-0.2, 0) is 9.63 Å². The molecule has 8 heteroatoms. The number of methoxy groups -OCH3 is 1. The minimum atomic E-state index is -0.486. The third-order valence-corrected chi connectivity index (χ3v) is 3.48. The fourth-order valence-electron chi connectivity index (χ4n) is 2.01. The summed E-state index contributed by atoms with van der Waals surface area (Å²) in [5.74, 6) is 0.239. The Bertz CT molecular complexity index is 799. The lowest BCUT2D eigenvalue weighted by atomic mass is 10.2. The number of halogens is 2. The van der Waals surface area contributed by atoms with Crippen LogP contribution in [-0.4, -0.2) is 32.4 Å². The maximum absolute atomic E-state index is 13.0. The van der Waals surface area contributed by atoms with E-state index in [1.165, 1.54) is 18.3 Å². The molecule has 0 atom stereocenters. The Morgan fingerprint density at radius 2 is 2.08 bits per heavy atom. The smallest absolute Gasteiger partial charge is 0.265 e. The van der Waals surface area contributed by atoms with E-state index >= 15 is 0 Å². The van der Waals surface area contributed by atoms with E-state index in [1.807, 2.05) is 6.92 Å². The molecule has 0 unspecified atom stereocenters. The van der Waals surface area contributed by atoms with E-state index in [0.29, 0.717) is 29.4 Å². The zero-order valence-electron chi connectivity index (χ0n) is 14.3. The van der Waals surface area contributed by atoms with Crippen LogP contribution in [0.2, 0.25) is 5.02 Å². The fraction of sp³-hybridized carbons (Fsp3) is 0.222. The molecule has 2 aromatic rings. The van der Waals surface area contributed by atoms with Gasteiger partial charge in [0.25, 0.3) is 5.91 Å². The number of rotatable bonds is 8. The van der Waals surface area contributed by atoms with E-state index in [9.17, 15) is 9.18 Å². The molecule has 0 heterocycles. The molecule has 1 amide bonds. The predicted octanol–water partition coefficient (Wildman–Crippen LogP) is 3.88. The minimum absolute atomic E-state index is 0.100. The first-order valence-electron chi connectivity index (χ1n) is 7.74. The summed E-state index contributed by atoms with van der Waals surface area (Å²) in [5.41, 5.74) is 1.01. The molecule has 0 radical (unpaired) electrons. The van der Waals surface area contributed by atoms with Gasteiger partial charge in [0, 0.05) is 5.56 Å². The molecule has 1 N–H and O–H groups in total. The molecular weight excluding hydrogens is 363 g/mol. The Kier molecular flexibility index (Phi) is 7.23. The van der Waals surface area contributed by atoms with Gasteiger partial charge < -0.3 is 19.6 Å². The average molecular weight is 381 g/mol. The molecule has 26 heavy (non-hydrogen) atoms. The normalized spacial score (nSPS) is 10.6. The molecule has 0 spiro atoms. The van der Waals surface area contributed by atoms with E-state index < -0.39 is 11.7 Å². The predicted molar refractivity (Wildman–Crippen MR) is 97.7 cm³/mol. The summed E-state index contributed by atoms with van der Waals surface area (Å²) < 4.78 is 23.6. The van der Waals surface area contributed by atoms with Crippen LogP contribution < -0.4 is 14.8 Å².